The molecule has 2 rings (SSSR count). The summed E-state index contributed by atoms with van der Waals surface area (Å²) in [4.78, 5) is 5.50. The highest BCUT2D eigenvalue weighted by atomic mass is 32.1. The fraction of sp³-hybridized carbons (Fsp3) is 0.667. The van der Waals surface area contributed by atoms with E-state index in [1.54, 1.807) is 11.3 Å². The minimum Gasteiger partial charge on any atom is -0.392 e. The molecule has 1 aromatic heterocycles. The molecule has 1 N–H and O–H groups in total. The van der Waals surface area contributed by atoms with Gasteiger partial charge in [0.1, 0.15) is 0 Å². The summed E-state index contributed by atoms with van der Waals surface area (Å²) in [7, 11) is 0. The van der Waals surface area contributed by atoms with Crippen molar-refractivity contribution in [1.29, 1.82) is 0 Å². The van der Waals surface area contributed by atoms with Crippen LogP contribution in [0.2, 0.25) is 0 Å². The van der Waals surface area contributed by atoms with Gasteiger partial charge in [0.05, 0.1) is 17.3 Å². The van der Waals surface area contributed by atoms with Crippen LogP contribution in [-0.4, -0.2) is 16.2 Å². The first-order chi connectivity index (χ1) is 5.67. The van der Waals surface area contributed by atoms with Crippen molar-refractivity contribution < 1.29 is 5.11 Å². The molecule has 2 nitrogen and oxygen atoms in total. The van der Waals surface area contributed by atoms with E-state index >= 15 is 0 Å². The second-order valence-electron chi connectivity index (χ2n) is 3.60. The van der Waals surface area contributed by atoms with Crippen LogP contribution >= 0.6 is 11.3 Å². The summed E-state index contributed by atoms with van der Waals surface area (Å²) in [6, 6.07) is 0. The highest BCUT2D eigenvalue weighted by Crippen LogP contribution is 2.53. The molecule has 66 valence electrons. The number of hydrogen-bond donors (Lipinski definition) is 1. The Hall–Kier alpha value is -0.410. The van der Waals surface area contributed by atoms with Crippen LogP contribution < -0.4 is 0 Å². The van der Waals surface area contributed by atoms with Crippen molar-refractivity contribution >= 4 is 11.3 Å². The third kappa shape index (κ3) is 1.00. The summed E-state index contributed by atoms with van der Waals surface area (Å²) >= 11 is 1.68. The molecule has 0 bridgehead atoms. The van der Waals surface area contributed by atoms with E-state index < -0.39 is 0 Å². The van der Waals surface area contributed by atoms with E-state index in [-0.39, 0.29) is 11.5 Å². The van der Waals surface area contributed by atoms with Crippen molar-refractivity contribution in [1.82, 2.24) is 4.98 Å². The van der Waals surface area contributed by atoms with E-state index in [0.29, 0.717) is 0 Å². The predicted octanol–water partition coefficient (Wildman–Crippen LogP) is 1.86. The number of aliphatic hydroxyl groups excluding tert-OH is 1. The Kier molecular flexibility index (Phi) is 1.73. The van der Waals surface area contributed by atoms with Crippen molar-refractivity contribution in [3.05, 3.63) is 16.1 Å². The number of aryl methyl sites for hydroxylation is 1. The highest BCUT2D eigenvalue weighted by molar-refractivity contribution is 7.10. The monoisotopic (exact) mass is 183 g/mol. The maximum atomic E-state index is 9.62. The van der Waals surface area contributed by atoms with Crippen molar-refractivity contribution in [3.8, 4) is 0 Å². The molecule has 1 atom stereocenters. The molecule has 12 heavy (non-hydrogen) atoms. The van der Waals surface area contributed by atoms with Crippen molar-refractivity contribution in [3.63, 3.8) is 0 Å². The van der Waals surface area contributed by atoms with Crippen molar-refractivity contribution in [2.75, 3.05) is 0 Å². The van der Waals surface area contributed by atoms with E-state index in [0.717, 1.165) is 18.5 Å². The molecule has 0 saturated heterocycles. The van der Waals surface area contributed by atoms with E-state index in [1.807, 2.05) is 19.4 Å². The Balaban J connectivity index is 2.36. The normalized spacial score (nSPS) is 22.2. The second kappa shape index (κ2) is 2.54. The summed E-state index contributed by atoms with van der Waals surface area (Å²) in [6.45, 7) is 3.90. The average molecular weight is 183 g/mol. The van der Waals surface area contributed by atoms with Crippen LogP contribution in [0.1, 0.15) is 30.3 Å². The summed E-state index contributed by atoms with van der Waals surface area (Å²) in [5.74, 6) is 0. The third-order valence-corrected chi connectivity index (χ3v) is 3.93. The largest absolute Gasteiger partial charge is 0.392 e. The van der Waals surface area contributed by atoms with Gasteiger partial charge in [0.25, 0.3) is 0 Å². The number of nitrogens with zero attached hydrogens (tertiary/aromatic N) is 1. The zero-order valence-corrected chi connectivity index (χ0v) is 8.19. The SMILES string of the molecule is Cc1ncsc1C1(C(C)O)CC1. The first kappa shape index (κ1) is 8.20. The van der Waals surface area contributed by atoms with Crippen LogP contribution in [0.25, 0.3) is 0 Å². The van der Waals surface area contributed by atoms with Gasteiger partial charge < -0.3 is 5.11 Å². The zero-order valence-electron chi connectivity index (χ0n) is 7.37. The van der Waals surface area contributed by atoms with Gasteiger partial charge in [0.15, 0.2) is 0 Å². The fourth-order valence-electron chi connectivity index (χ4n) is 1.75. The molecular formula is C9H13NOS. The summed E-state index contributed by atoms with van der Waals surface area (Å²) in [5, 5.41) is 9.62. The number of hydrogen-bond acceptors (Lipinski definition) is 3. The molecule has 0 amide bonds. The molecular weight excluding hydrogens is 170 g/mol. The minimum atomic E-state index is -0.225. The van der Waals surface area contributed by atoms with Crippen LogP contribution in [0.3, 0.4) is 0 Å². The van der Waals surface area contributed by atoms with Crippen LogP contribution in [0.5, 0.6) is 0 Å². The lowest BCUT2D eigenvalue weighted by Gasteiger charge is -2.16. The Morgan fingerprint density at radius 3 is 2.67 bits per heavy atom. The minimum absolute atomic E-state index is 0.0747. The molecule has 1 heterocycles. The molecule has 1 aliphatic carbocycles. The number of rotatable bonds is 2. The molecule has 0 aromatic carbocycles. The van der Waals surface area contributed by atoms with Gasteiger partial charge in [-0.15, -0.1) is 11.3 Å². The third-order valence-electron chi connectivity index (χ3n) is 2.79. The van der Waals surface area contributed by atoms with Crippen LogP contribution in [0.4, 0.5) is 0 Å². The average Bonchev–Trinajstić information content (AvgIpc) is 2.71. The Morgan fingerprint density at radius 2 is 2.33 bits per heavy atom. The molecule has 0 aliphatic heterocycles. The van der Waals surface area contributed by atoms with Gasteiger partial charge in [-0.05, 0) is 26.7 Å². The molecule has 1 saturated carbocycles. The molecule has 1 aromatic rings. The van der Waals surface area contributed by atoms with E-state index in [2.05, 4.69) is 4.98 Å². The van der Waals surface area contributed by atoms with Crippen LogP contribution in [0, 0.1) is 6.92 Å². The van der Waals surface area contributed by atoms with Gasteiger partial charge in [-0.2, -0.15) is 0 Å². The number of aliphatic hydroxyl groups is 1. The first-order valence-corrected chi connectivity index (χ1v) is 5.13. The molecule has 0 radical (unpaired) electrons. The van der Waals surface area contributed by atoms with Gasteiger partial charge in [-0.25, -0.2) is 4.98 Å². The quantitative estimate of drug-likeness (QED) is 0.759. The van der Waals surface area contributed by atoms with Gasteiger partial charge in [0.2, 0.25) is 0 Å². The van der Waals surface area contributed by atoms with Crippen LogP contribution in [-0.2, 0) is 5.41 Å². The Labute approximate surface area is 76.3 Å². The highest BCUT2D eigenvalue weighted by Gasteiger charge is 2.50. The van der Waals surface area contributed by atoms with Gasteiger partial charge in [-0.3, -0.25) is 0 Å². The standard InChI is InChI=1S/C9H13NOS/c1-6-8(12-5-10-6)9(3-4-9)7(2)11/h5,7,11H,3-4H2,1-2H3. The summed E-state index contributed by atoms with van der Waals surface area (Å²) in [5.41, 5.74) is 3.04. The Morgan fingerprint density at radius 1 is 1.67 bits per heavy atom. The van der Waals surface area contributed by atoms with Crippen molar-refractivity contribution in [2.45, 2.75) is 38.2 Å². The lowest BCUT2D eigenvalue weighted by Crippen LogP contribution is -2.22. The molecule has 1 unspecified atom stereocenters. The summed E-state index contributed by atoms with van der Waals surface area (Å²) < 4.78 is 0. The molecule has 3 heteroatoms. The number of thiazole rings is 1. The lowest BCUT2D eigenvalue weighted by atomic mass is 9.97. The van der Waals surface area contributed by atoms with Crippen LogP contribution in [0.15, 0.2) is 5.51 Å². The predicted molar refractivity (Wildman–Crippen MR) is 49.4 cm³/mol. The maximum Gasteiger partial charge on any atom is 0.0797 e. The van der Waals surface area contributed by atoms with Gasteiger partial charge >= 0.3 is 0 Å². The molecule has 0 spiro atoms. The first-order valence-electron chi connectivity index (χ1n) is 4.25. The molecule has 1 aliphatic rings. The lowest BCUT2D eigenvalue weighted by molar-refractivity contribution is 0.152. The summed E-state index contributed by atoms with van der Waals surface area (Å²) in [6.07, 6.45) is 2.01. The number of aromatic nitrogens is 1. The zero-order chi connectivity index (χ0) is 8.77. The van der Waals surface area contributed by atoms with E-state index in [1.165, 1.54) is 4.88 Å². The van der Waals surface area contributed by atoms with E-state index in [4.69, 9.17) is 0 Å². The maximum absolute atomic E-state index is 9.62. The molecule has 1 fully saturated rings. The Bertz CT molecular complexity index is 288. The van der Waals surface area contributed by atoms with Crippen molar-refractivity contribution in [2.24, 2.45) is 0 Å². The smallest absolute Gasteiger partial charge is 0.0797 e. The van der Waals surface area contributed by atoms with Gasteiger partial charge in [0, 0.05) is 10.3 Å². The van der Waals surface area contributed by atoms with E-state index in [9.17, 15) is 5.11 Å². The fourth-order valence-corrected chi connectivity index (χ4v) is 2.90. The topological polar surface area (TPSA) is 33.1 Å². The second-order valence-corrected chi connectivity index (χ2v) is 4.45. The van der Waals surface area contributed by atoms with Gasteiger partial charge in [-0.1, -0.05) is 0 Å².